The lowest BCUT2D eigenvalue weighted by Crippen LogP contribution is -2.12. The van der Waals surface area contributed by atoms with Crippen LogP contribution in [0.15, 0.2) is 46.9 Å². The second kappa shape index (κ2) is 7.48. The Bertz CT molecular complexity index is 646. The first-order chi connectivity index (χ1) is 10.1. The molecule has 0 radical (unpaired) electrons. The number of hydrogen-bond donors (Lipinski definition) is 1. The Morgan fingerprint density at radius 1 is 1.29 bits per heavy atom. The molecule has 1 N–H and O–H groups in total. The molecule has 2 aromatic rings. The maximum atomic E-state index is 11.3. The first kappa shape index (κ1) is 15.9. The molecular weight excluding hydrogens is 354 g/mol. The molecule has 0 aliphatic heterocycles. The molecule has 110 valence electrons. The zero-order valence-corrected chi connectivity index (χ0v) is 13.9. The standard InChI is InChI=1S/C16H15BrClNO2/c1-11(20)12-3-2-4-14(9-12)19-7-8-21-16-6-5-13(18)10-15(16)17/h2-6,9-10,19H,7-8H2,1H3. The molecule has 0 saturated heterocycles. The smallest absolute Gasteiger partial charge is 0.159 e. The molecular formula is C16H15BrClNO2. The van der Waals surface area contributed by atoms with Gasteiger partial charge < -0.3 is 10.1 Å². The molecule has 5 heteroatoms. The van der Waals surface area contributed by atoms with Crippen LogP contribution >= 0.6 is 27.5 Å². The number of carbonyl (C=O) groups excluding carboxylic acids is 1. The summed E-state index contributed by atoms with van der Waals surface area (Å²) in [6.45, 7) is 2.70. The minimum absolute atomic E-state index is 0.0556. The van der Waals surface area contributed by atoms with Crippen molar-refractivity contribution >= 4 is 39.0 Å². The van der Waals surface area contributed by atoms with Crippen LogP contribution < -0.4 is 10.1 Å². The number of benzene rings is 2. The molecule has 0 heterocycles. The van der Waals surface area contributed by atoms with Crippen LogP contribution in [0.2, 0.25) is 5.02 Å². The van der Waals surface area contributed by atoms with E-state index in [1.807, 2.05) is 24.3 Å². The fraction of sp³-hybridized carbons (Fsp3) is 0.188. The Balaban J connectivity index is 1.84. The molecule has 2 rings (SSSR count). The molecule has 0 atom stereocenters. The molecule has 21 heavy (non-hydrogen) atoms. The van der Waals surface area contributed by atoms with Crippen molar-refractivity contribution in [2.45, 2.75) is 6.92 Å². The first-order valence-electron chi connectivity index (χ1n) is 6.49. The highest BCUT2D eigenvalue weighted by molar-refractivity contribution is 9.10. The van der Waals surface area contributed by atoms with Gasteiger partial charge in [0.15, 0.2) is 5.78 Å². The zero-order chi connectivity index (χ0) is 15.2. The second-order valence-corrected chi connectivity index (χ2v) is 5.78. The Hall–Kier alpha value is -1.52. The lowest BCUT2D eigenvalue weighted by atomic mass is 10.1. The topological polar surface area (TPSA) is 38.3 Å². The zero-order valence-electron chi connectivity index (χ0n) is 11.5. The Morgan fingerprint density at radius 2 is 2.10 bits per heavy atom. The van der Waals surface area contributed by atoms with Gasteiger partial charge in [-0.25, -0.2) is 0 Å². The van der Waals surface area contributed by atoms with Crippen molar-refractivity contribution in [3.05, 3.63) is 57.5 Å². The van der Waals surface area contributed by atoms with Gasteiger partial charge in [-0.1, -0.05) is 23.7 Å². The van der Waals surface area contributed by atoms with Gasteiger partial charge in [0.1, 0.15) is 12.4 Å². The van der Waals surface area contributed by atoms with Crippen LogP contribution in [0.3, 0.4) is 0 Å². The molecule has 0 amide bonds. The largest absolute Gasteiger partial charge is 0.491 e. The van der Waals surface area contributed by atoms with Crippen molar-refractivity contribution < 1.29 is 9.53 Å². The van der Waals surface area contributed by atoms with E-state index in [0.29, 0.717) is 23.7 Å². The molecule has 2 aromatic carbocycles. The number of ketones is 1. The van der Waals surface area contributed by atoms with E-state index in [-0.39, 0.29) is 5.78 Å². The maximum absolute atomic E-state index is 11.3. The Labute approximate surface area is 137 Å². The summed E-state index contributed by atoms with van der Waals surface area (Å²) < 4.78 is 6.48. The molecule has 0 aromatic heterocycles. The summed E-state index contributed by atoms with van der Waals surface area (Å²) in [4.78, 5) is 11.3. The van der Waals surface area contributed by atoms with Gasteiger partial charge >= 0.3 is 0 Å². The van der Waals surface area contributed by atoms with E-state index in [2.05, 4.69) is 21.2 Å². The normalized spacial score (nSPS) is 10.2. The number of ether oxygens (including phenoxy) is 1. The van der Waals surface area contributed by atoms with Gasteiger partial charge in [-0.2, -0.15) is 0 Å². The average Bonchev–Trinajstić information content (AvgIpc) is 2.45. The van der Waals surface area contributed by atoms with Gasteiger partial charge in [-0.15, -0.1) is 0 Å². The van der Waals surface area contributed by atoms with Gasteiger partial charge in [0, 0.05) is 22.8 Å². The van der Waals surface area contributed by atoms with Gasteiger partial charge in [0.05, 0.1) is 4.47 Å². The van der Waals surface area contributed by atoms with Crippen LogP contribution in [0.25, 0.3) is 0 Å². The molecule has 0 aliphatic carbocycles. The Morgan fingerprint density at radius 3 is 2.81 bits per heavy atom. The number of hydrogen-bond acceptors (Lipinski definition) is 3. The fourth-order valence-electron chi connectivity index (χ4n) is 1.80. The number of anilines is 1. The molecule has 0 unspecified atom stereocenters. The average molecular weight is 369 g/mol. The minimum atomic E-state index is 0.0556. The second-order valence-electron chi connectivity index (χ2n) is 4.49. The predicted octanol–water partition coefficient (Wildman–Crippen LogP) is 4.80. The van der Waals surface area contributed by atoms with Crippen molar-refractivity contribution in [1.82, 2.24) is 0 Å². The van der Waals surface area contributed by atoms with E-state index in [9.17, 15) is 4.79 Å². The number of halogens is 2. The number of rotatable bonds is 6. The summed E-state index contributed by atoms with van der Waals surface area (Å²) in [5, 5.41) is 3.88. The number of nitrogens with one attached hydrogen (secondary N) is 1. The molecule has 0 spiro atoms. The van der Waals surface area contributed by atoms with E-state index in [1.54, 1.807) is 25.1 Å². The first-order valence-corrected chi connectivity index (χ1v) is 7.66. The minimum Gasteiger partial charge on any atom is -0.491 e. The molecule has 0 aliphatic rings. The number of Topliss-reactive ketones (excluding diaryl/α,β-unsaturated/α-hetero) is 1. The fourth-order valence-corrected chi connectivity index (χ4v) is 2.59. The highest BCUT2D eigenvalue weighted by Gasteiger charge is 2.02. The lowest BCUT2D eigenvalue weighted by Gasteiger charge is -2.10. The lowest BCUT2D eigenvalue weighted by molar-refractivity contribution is 0.101. The summed E-state index contributed by atoms with van der Waals surface area (Å²) >= 11 is 9.28. The van der Waals surface area contributed by atoms with Crippen molar-refractivity contribution in [2.24, 2.45) is 0 Å². The van der Waals surface area contributed by atoms with Crippen molar-refractivity contribution in [1.29, 1.82) is 0 Å². The van der Waals surface area contributed by atoms with E-state index >= 15 is 0 Å². The highest BCUT2D eigenvalue weighted by Crippen LogP contribution is 2.27. The highest BCUT2D eigenvalue weighted by atomic mass is 79.9. The molecule has 0 saturated carbocycles. The van der Waals surface area contributed by atoms with E-state index in [0.717, 1.165) is 15.9 Å². The van der Waals surface area contributed by atoms with Crippen LogP contribution in [0.4, 0.5) is 5.69 Å². The van der Waals surface area contributed by atoms with Crippen LogP contribution in [0.5, 0.6) is 5.75 Å². The van der Waals surface area contributed by atoms with Crippen molar-refractivity contribution in [3.63, 3.8) is 0 Å². The molecule has 0 fully saturated rings. The van der Waals surface area contributed by atoms with Gasteiger partial charge in [0.2, 0.25) is 0 Å². The van der Waals surface area contributed by atoms with Crippen molar-refractivity contribution in [3.8, 4) is 5.75 Å². The van der Waals surface area contributed by atoms with Gasteiger partial charge in [-0.05, 0) is 53.2 Å². The van der Waals surface area contributed by atoms with Crippen molar-refractivity contribution in [2.75, 3.05) is 18.5 Å². The maximum Gasteiger partial charge on any atom is 0.159 e. The molecule has 3 nitrogen and oxygen atoms in total. The monoisotopic (exact) mass is 367 g/mol. The van der Waals surface area contributed by atoms with Crippen LogP contribution in [-0.4, -0.2) is 18.9 Å². The van der Waals surface area contributed by atoms with Crippen LogP contribution in [-0.2, 0) is 0 Å². The van der Waals surface area contributed by atoms with E-state index < -0.39 is 0 Å². The summed E-state index contributed by atoms with van der Waals surface area (Å²) in [5.74, 6) is 0.804. The van der Waals surface area contributed by atoms with Crippen LogP contribution in [0.1, 0.15) is 17.3 Å². The Kier molecular flexibility index (Phi) is 5.65. The van der Waals surface area contributed by atoms with Gasteiger partial charge in [0.25, 0.3) is 0 Å². The third-order valence-electron chi connectivity index (χ3n) is 2.85. The SMILES string of the molecule is CC(=O)c1cccc(NCCOc2ccc(Cl)cc2Br)c1. The summed E-state index contributed by atoms with van der Waals surface area (Å²) in [7, 11) is 0. The number of carbonyl (C=O) groups is 1. The summed E-state index contributed by atoms with van der Waals surface area (Å²) in [5.41, 5.74) is 1.60. The third kappa shape index (κ3) is 4.76. The predicted molar refractivity (Wildman–Crippen MR) is 89.6 cm³/mol. The van der Waals surface area contributed by atoms with E-state index in [1.165, 1.54) is 0 Å². The quantitative estimate of drug-likeness (QED) is 0.588. The summed E-state index contributed by atoms with van der Waals surface area (Å²) in [6, 6.07) is 12.8. The summed E-state index contributed by atoms with van der Waals surface area (Å²) in [6.07, 6.45) is 0. The molecule has 0 bridgehead atoms. The third-order valence-corrected chi connectivity index (χ3v) is 3.71. The van der Waals surface area contributed by atoms with Gasteiger partial charge in [-0.3, -0.25) is 4.79 Å². The van der Waals surface area contributed by atoms with Crippen LogP contribution in [0, 0.1) is 0 Å². The van der Waals surface area contributed by atoms with E-state index in [4.69, 9.17) is 16.3 Å².